The van der Waals surface area contributed by atoms with Gasteiger partial charge in [0.2, 0.25) is 0 Å². The van der Waals surface area contributed by atoms with E-state index in [0.717, 1.165) is 12.2 Å². The Balaban J connectivity index is 1.75. The van der Waals surface area contributed by atoms with Gasteiger partial charge in [-0.15, -0.1) is 0 Å². The Morgan fingerprint density at radius 1 is 1.26 bits per heavy atom. The molecule has 0 amide bonds. The van der Waals surface area contributed by atoms with Crippen LogP contribution in [0.1, 0.15) is 45.1 Å². The van der Waals surface area contributed by atoms with Gasteiger partial charge in [-0.05, 0) is 55.7 Å². The largest absolute Gasteiger partial charge is 0.497 e. The lowest BCUT2D eigenvalue weighted by atomic mass is 9.99. The number of benzene rings is 1. The molecule has 1 atom stereocenters. The summed E-state index contributed by atoms with van der Waals surface area (Å²) in [6.45, 7) is 5.77. The molecule has 0 aliphatic heterocycles. The summed E-state index contributed by atoms with van der Waals surface area (Å²) in [6.07, 6.45) is 6.63. The molecule has 0 spiro atoms. The van der Waals surface area contributed by atoms with Crippen LogP contribution in [0, 0.1) is 5.41 Å². The van der Waals surface area contributed by atoms with Gasteiger partial charge < -0.3 is 10.1 Å². The molecule has 1 aliphatic rings. The van der Waals surface area contributed by atoms with E-state index >= 15 is 0 Å². The molecule has 2 nitrogen and oxygen atoms in total. The first-order valence-electron chi connectivity index (χ1n) is 7.54. The molecule has 0 heterocycles. The smallest absolute Gasteiger partial charge is 0.118 e. The van der Waals surface area contributed by atoms with Crippen molar-refractivity contribution in [3.63, 3.8) is 0 Å². The van der Waals surface area contributed by atoms with E-state index in [1.165, 1.54) is 37.8 Å². The highest BCUT2D eigenvalue weighted by Gasteiger charge is 2.40. The number of hydrogen-bond donors (Lipinski definition) is 1. The number of nitrogens with one attached hydrogen (secondary N) is 1. The zero-order valence-corrected chi connectivity index (χ0v) is 12.5. The summed E-state index contributed by atoms with van der Waals surface area (Å²) in [5.41, 5.74) is 2.02. The summed E-state index contributed by atoms with van der Waals surface area (Å²) in [5.74, 6) is 0.934. The fraction of sp³-hybridized carbons (Fsp3) is 0.647. The predicted octanol–water partition coefficient (Wildman–Crippen LogP) is 3.80. The fourth-order valence-electron chi connectivity index (χ4n) is 2.80. The minimum absolute atomic E-state index is 0.544. The molecule has 1 N–H and O–H groups in total. The van der Waals surface area contributed by atoms with Crippen LogP contribution in [0.3, 0.4) is 0 Å². The Hall–Kier alpha value is -1.02. The molecule has 1 fully saturated rings. The van der Waals surface area contributed by atoms with Crippen LogP contribution in [-0.4, -0.2) is 19.7 Å². The van der Waals surface area contributed by atoms with E-state index in [1.807, 2.05) is 12.1 Å². The molecule has 1 aliphatic carbocycles. The highest BCUT2D eigenvalue weighted by atomic mass is 16.5. The summed E-state index contributed by atoms with van der Waals surface area (Å²) >= 11 is 0. The van der Waals surface area contributed by atoms with Crippen molar-refractivity contribution in [3.05, 3.63) is 29.8 Å². The first kappa shape index (κ1) is 14.4. The highest BCUT2D eigenvalue weighted by Crippen LogP contribution is 2.48. The topological polar surface area (TPSA) is 21.3 Å². The fourth-order valence-corrected chi connectivity index (χ4v) is 2.80. The van der Waals surface area contributed by atoms with E-state index in [0.29, 0.717) is 11.5 Å². The minimum Gasteiger partial charge on any atom is -0.497 e. The lowest BCUT2D eigenvalue weighted by Crippen LogP contribution is -2.33. The van der Waals surface area contributed by atoms with Gasteiger partial charge in [-0.2, -0.15) is 0 Å². The zero-order chi connectivity index (χ0) is 13.7. The average Bonchev–Trinajstić information content (AvgIpc) is 3.18. The quantitative estimate of drug-likeness (QED) is 0.768. The van der Waals surface area contributed by atoms with Crippen LogP contribution < -0.4 is 10.1 Å². The molecule has 2 rings (SSSR count). The van der Waals surface area contributed by atoms with Gasteiger partial charge in [0, 0.05) is 12.6 Å². The molecule has 1 aromatic carbocycles. The minimum atomic E-state index is 0.544. The van der Waals surface area contributed by atoms with Gasteiger partial charge in [0.15, 0.2) is 0 Å². The summed E-state index contributed by atoms with van der Waals surface area (Å²) < 4.78 is 5.19. The van der Waals surface area contributed by atoms with Crippen LogP contribution in [0.5, 0.6) is 5.75 Å². The SMILES string of the molecule is CCCC1(CNC(C)Cc2ccc(OC)cc2)CC1. The van der Waals surface area contributed by atoms with E-state index in [-0.39, 0.29) is 0 Å². The van der Waals surface area contributed by atoms with Crippen molar-refractivity contribution in [2.75, 3.05) is 13.7 Å². The maximum atomic E-state index is 5.19. The van der Waals surface area contributed by atoms with Crippen molar-refractivity contribution in [2.45, 2.75) is 52.0 Å². The van der Waals surface area contributed by atoms with Crippen molar-refractivity contribution in [2.24, 2.45) is 5.41 Å². The monoisotopic (exact) mass is 261 g/mol. The molecular formula is C17H27NO. The van der Waals surface area contributed by atoms with Gasteiger partial charge in [-0.3, -0.25) is 0 Å². The molecule has 19 heavy (non-hydrogen) atoms. The molecule has 1 unspecified atom stereocenters. The maximum absolute atomic E-state index is 5.19. The van der Waals surface area contributed by atoms with Crippen molar-refractivity contribution in [1.29, 1.82) is 0 Å². The van der Waals surface area contributed by atoms with Gasteiger partial charge >= 0.3 is 0 Å². The third-order valence-corrected chi connectivity index (χ3v) is 4.26. The Bertz CT molecular complexity index is 381. The van der Waals surface area contributed by atoms with E-state index in [2.05, 4.69) is 31.3 Å². The van der Waals surface area contributed by atoms with Gasteiger partial charge in [0.1, 0.15) is 5.75 Å². The molecule has 0 saturated heterocycles. The number of hydrogen-bond acceptors (Lipinski definition) is 2. The first-order chi connectivity index (χ1) is 9.17. The first-order valence-corrected chi connectivity index (χ1v) is 7.54. The Morgan fingerprint density at radius 2 is 1.95 bits per heavy atom. The highest BCUT2D eigenvalue weighted by molar-refractivity contribution is 5.27. The zero-order valence-electron chi connectivity index (χ0n) is 12.5. The van der Waals surface area contributed by atoms with E-state index in [1.54, 1.807) is 7.11 Å². The molecule has 1 aromatic rings. The standard InChI is InChI=1S/C17H27NO/c1-4-9-17(10-11-17)13-18-14(2)12-15-5-7-16(19-3)8-6-15/h5-8,14,18H,4,9-13H2,1-3H3. The van der Waals surface area contributed by atoms with Crippen molar-refractivity contribution in [3.8, 4) is 5.75 Å². The third-order valence-electron chi connectivity index (χ3n) is 4.26. The second-order valence-electron chi connectivity index (χ2n) is 6.08. The normalized spacial score (nSPS) is 18.1. The summed E-state index contributed by atoms with van der Waals surface area (Å²) in [4.78, 5) is 0. The number of ether oxygens (including phenoxy) is 1. The third kappa shape index (κ3) is 4.24. The Morgan fingerprint density at radius 3 is 2.47 bits per heavy atom. The molecule has 0 bridgehead atoms. The van der Waals surface area contributed by atoms with Crippen LogP contribution in [0.4, 0.5) is 0 Å². The van der Waals surface area contributed by atoms with E-state index in [9.17, 15) is 0 Å². The second kappa shape index (κ2) is 6.42. The molecule has 2 heteroatoms. The van der Waals surface area contributed by atoms with E-state index in [4.69, 9.17) is 4.74 Å². The van der Waals surface area contributed by atoms with E-state index < -0.39 is 0 Å². The van der Waals surface area contributed by atoms with Crippen LogP contribution in [0.2, 0.25) is 0 Å². The van der Waals surface area contributed by atoms with Gasteiger partial charge in [0.05, 0.1) is 7.11 Å². The lowest BCUT2D eigenvalue weighted by Gasteiger charge is -2.20. The average molecular weight is 261 g/mol. The van der Waals surface area contributed by atoms with Gasteiger partial charge in [-0.25, -0.2) is 0 Å². The molecule has 106 valence electrons. The van der Waals surface area contributed by atoms with Crippen molar-refractivity contribution < 1.29 is 4.74 Å². The predicted molar refractivity (Wildman–Crippen MR) is 80.7 cm³/mol. The molecule has 0 aromatic heterocycles. The maximum Gasteiger partial charge on any atom is 0.118 e. The van der Waals surface area contributed by atoms with Crippen molar-refractivity contribution >= 4 is 0 Å². The molecule has 1 saturated carbocycles. The van der Waals surface area contributed by atoms with Crippen LogP contribution in [0.15, 0.2) is 24.3 Å². The Kier molecular flexibility index (Phi) is 4.87. The molecular weight excluding hydrogens is 234 g/mol. The Labute approximate surface area is 117 Å². The second-order valence-corrected chi connectivity index (χ2v) is 6.08. The summed E-state index contributed by atoms with van der Waals surface area (Å²) in [7, 11) is 1.71. The number of rotatable bonds is 8. The lowest BCUT2D eigenvalue weighted by molar-refractivity contribution is 0.392. The van der Waals surface area contributed by atoms with Crippen LogP contribution in [-0.2, 0) is 6.42 Å². The molecule has 0 radical (unpaired) electrons. The van der Waals surface area contributed by atoms with Crippen molar-refractivity contribution in [1.82, 2.24) is 5.32 Å². The number of methoxy groups -OCH3 is 1. The van der Waals surface area contributed by atoms with Gasteiger partial charge in [-0.1, -0.05) is 25.5 Å². The summed E-state index contributed by atoms with van der Waals surface area (Å²) in [5, 5.41) is 3.72. The van der Waals surface area contributed by atoms with Gasteiger partial charge in [0.25, 0.3) is 0 Å². The van der Waals surface area contributed by atoms with Crippen LogP contribution in [0.25, 0.3) is 0 Å². The summed E-state index contributed by atoms with van der Waals surface area (Å²) in [6, 6.07) is 8.96. The van der Waals surface area contributed by atoms with Crippen LogP contribution >= 0.6 is 0 Å².